The van der Waals surface area contributed by atoms with Crippen LogP contribution in [0.25, 0.3) is 0 Å². The molecule has 5 nitrogen and oxygen atoms in total. The number of likely N-dealkylation sites (tertiary alicyclic amines) is 1. The van der Waals surface area contributed by atoms with Crippen LogP contribution in [0.2, 0.25) is 4.34 Å². The Morgan fingerprint density at radius 2 is 2.00 bits per heavy atom. The Kier molecular flexibility index (Phi) is 5.63. The number of para-hydroxylation sites is 1. The van der Waals surface area contributed by atoms with Crippen LogP contribution in [0, 0.1) is 18.8 Å². The first-order valence-corrected chi connectivity index (χ1v) is 12.0. The highest BCUT2D eigenvalue weighted by Gasteiger charge is 2.47. The highest BCUT2D eigenvalue weighted by atomic mass is 35.5. The Morgan fingerprint density at radius 3 is 2.74 bits per heavy atom. The number of nitrogens with one attached hydrogen (secondary N) is 1. The first-order chi connectivity index (χ1) is 15.0. The molecule has 3 unspecified atom stereocenters. The zero-order chi connectivity index (χ0) is 21.5. The maximum Gasteiger partial charge on any atom is 0.258 e. The molecule has 3 aromatic rings. The fraction of sp³-hybridized carbons (Fsp3) is 0.417. The Morgan fingerprint density at radius 1 is 1.19 bits per heavy atom. The second-order valence-corrected chi connectivity index (χ2v) is 10.5. The number of halogens is 1. The molecule has 3 atom stereocenters. The van der Waals surface area contributed by atoms with Gasteiger partial charge in [-0.3, -0.25) is 9.36 Å². The van der Waals surface area contributed by atoms with Crippen molar-refractivity contribution in [2.24, 2.45) is 18.9 Å². The van der Waals surface area contributed by atoms with Crippen LogP contribution in [0.3, 0.4) is 0 Å². The van der Waals surface area contributed by atoms with Crippen LogP contribution in [0.4, 0.5) is 11.6 Å². The van der Waals surface area contributed by atoms with Gasteiger partial charge in [0.1, 0.15) is 0 Å². The summed E-state index contributed by atoms with van der Waals surface area (Å²) in [5, 5.41) is 3.25. The molecular weight excluding hydrogens is 428 g/mol. The van der Waals surface area contributed by atoms with Gasteiger partial charge >= 0.3 is 0 Å². The van der Waals surface area contributed by atoms with Gasteiger partial charge in [-0.15, -0.1) is 11.3 Å². The summed E-state index contributed by atoms with van der Waals surface area (Å²) in [6.07, 6.45) is 2.01. The lowest BCUT2D eigenvalue weighted by Gasteiger charge is -2.39. The number of fused-ring (bicyclic) bond motifs is 1. The number of benzene rings is 1. The van der Waals surface area contributed by atoms with Crippen molar-refractivity contribution in [2.45, 2.75) is 25.7 Å². The molecule has 5 rings (SSSR count). The number of aryl methyl sites for hydroxylation is 1. The number of hydrogen-bond donors (Lipinski definition) is 1. The largest absolute Gasteiger partial charge is 0.326 e. The van der Waals surface area contributed by atoms with Crippen LogP contribution in [-0.4, -0.2) is 34.1 Å². The van der Waals surface area contributed by atoms with Gasteiger partial charge in [0.05, 0.1) is 10.0 Å². The van der Waals surface area contributed by atoms with Crippen LogP contribution in [0.15, 0.2) is 47.3 Å². The fourth-order valence-corrected chi connectivity index (χ4v) is 6.36. The molecule has 1 aliphatic carbocycles. The zero-order valence-electron chi connectivity index (χ0n) is 17.8. The summed E-state index contributed by atoms with van der Waals surface area (Å²) in [6, 6.07) is 14.0. The third-order valence-corrected chi connectivity index (χ3v) is 8.26. The van der Waals surface area contributed by atoms with Gasteiger partial charge in [-0.25, -0.2) is 4.98 Å². The highest BCUT2D eigenvalue weighted by molar-refractivity contribution is 7.16. The quantitative estimate of drug-likeness (QED) is 0.579. The summed E-state index contributed by atoms with van der Waals surface area (Å²) < 4.78 is 2.51. The van der Waals surface area contributed by atoms with E-state index in [4.69, 9.17) is 16.6 Å². The molecule has 1 aliphatic heterocycles. The van der Waals surface area contributed by atoms with Gasteiger partial charge in [0.2, 0.25) is 5.95 Å². The molecule has 3 heterocycles. The number of hydrogen-bond acceptors (Lipinski definition) is 5. The standard InChI is InChI=1S/C24H27ClN4OS/c1-15-18(23(30)28(2)24(26-15)27-17-6-4-3-5-7-17)10-11-29-13-16-12-19(20(16)14-29)21-8-9-22(25)31-21/h3-9,16,19-20H,10-14H2,1-2H3,(H,26,27). The molecule has 0 bridgehead atoms. The summed E-state index contributed by atoms with van der Waals surface area (Å²) in [6.45, 7) is 5.11. The van der Waals surface area contributed by atoms with Gasteiger partial charge in [-0.1, -0.05) is 29.8 Å². The van der Waals surface area contributed by atoms with Crippen molar-refractivity contribution in [1.82, 2.24) is 14.5 Å². The Labute approximate surface area is 191 Å². The average Bonchev–Trinajstić information content (AvgIpc) is 3.31. The SMILES string of the molecule is Cc1nc(Nc2ccccc2)n(C)c(=O)c1CCN1CC2CC(c3ccc(Cl)s3)C2C1. The van der Waals surface area contributed by atoms with Gasteiger partial charge in [0, 0.05) is 42.8 Å². The first kappa shape index (κ1) is 20.7. The van der Waals surface area contributed by atoms with E-state index in [0.717, 1.165) is 59.2 Å². The zero-order valence-corrected chi connectivity index (χ0v) is 19.4. The predicted octanol–water partition coefficient (Wildman–Crippen LogP) is 4.83. The van der Waals surface area contributed by atoms with E-state index in [1.54, 1.807) is 23.0 Å². The number of anilines is 2. The van der Waals surface area contributed by atoms with Crippen LogP contribution >= 0.6 is 22.9 Å². The van der Waals surface area contributed by atoms with Crippen molar-refractivity contribution in [3.63, 3.8) is 0 Å². The van der Waals surface area contributed by atoms with Crippen molar-refractivity contribution in [2.75, 3.05) is 25.0 Å². The third kappa shape index (κ3) is 4.04. The van der Waals surface area contributed by atoms with Crippen molar-refractivity contribution in [3.8, 4) is 0 Å². The molecule has 0 spiro atoms. The molecule has 1 saturated carbocycles. The molecule has 7 heteroatoms. The second-order valence-electron chi connectivity index (χ2n) is 8.77. The molecule has 31 heavy (non-hydrogen) atoms. The van der Waals surface area contributed by atoms with Gasteiger partial charge in [-0.2, -0.15) is 0 Å². The molecule has 2 fully saturated rings. The Bertz CT molecular complexity index is 1140. The van der Waals surface area contributed by atoms with Gasteiger partial charge < -0.3 is 10.2 Å². The van der Waals surface area contributed by atoms with Crippen LogP contribution in [0.1, 0.15) is 28.5 Å². The van der Waals surface area contributed by atoms with E-state index >= 15 is 0 Å². The van der Waals surface area contributed by atoms with Crippen molar-refractivity contribution >= 4 is 34.6 Å². The van der Waals surface area contributed by atoms with E-state index in [9.17, 15) is 4.79 Å². The maximum atomic E-state index is 13.0. The Hall–Kier alpha value is -2.15. The molecule has 0 amide bonds. The second kappa shape index (κ2) is 8.41. The predicted molar refractivity (Wildman–Crippen MR) is 128 cm³/mol. The van der Waals surface area contributed by atoms with Crippen LogP contribution in [0.5, 0.6) is 0 Å². The van der Waals surface area contributed by atoms with Crippen molar-refractivity contribution in [3.05, 3.63) is 73.3 Å². The maximum absolute atomic E-state index is 13.0. The minimum atomic E-state index is 0.0409. The number of aromatic nitrogens is 2. The lowest BCUT2D eigenvalue weighted by molar-refractivity contribution is 0.194. The minimum Gasteiger partial charge on any atom is -0.326 e. The van der Waals surface area contributed by atoms with E-state index in [2.05, 4.69) is 16.3 Å². The van der Waals surface area contributed by atoms with E-state index < -0.39 is 0 Å². The summed E-state index contributed by atoms with van der Waals surface area (Å²) in [4.78, 5) is 21.7. The summed E-state index contributed by atoms with van der Waals surface area (Å²) >= 11 is 7.87. The number of nitrogens with zero attached hydrogens (tertiary/aromatic N) is 3. The molecule has 1 saturated heterocycles. The minimum absolute atomic E-state index is 0.0409. The smallest absolute Gasteiger partial charge is 0.258 e. The molecule has 1 N–H and O–H groups in total. The van der Waals surface area contributed by atoms with Crippen molar-refractivity contribution in [1.29, 1.82) is 0 Å². The van der Waals surface area contributed by atoms with E-state index in [1.165, 1.54) is 11.3 Å². The fourth-order valence-electron chi connectivity index (χ4n) is 5.11. The Balaban J connectivity index is 1.24. The lowest BCUT2D eigenvalue weighted by atomic mass is 9.66. The molecule has 1 aromatic carbocycles. The van der Waals surface area contributed by atoms with E-state index in [0.29, 0.717) is 11.9 Å². The van der Waals surface area contributed by atoms with E-state index in [-0.39, 0.29) is 5.56 Å². The topological polar surface area (TPSA) is 50.2 Å². The summed E-state index contributed by atoms with van der Waals surface area (Å²) in [5.74, 6) is 2.75. The first-order valence-electron chi connectivity index (χ1n) is 10.9. The van der Waals surface area contributed by atoms with Gasteiger partial charge in [-0.05, 0) is 61.8 Å². The molecular formula is C24H27ClN4OS. The highest BCUT2D eigenvalue weighted by Crippen LogP contribution is 2.53. The van der Waals surface area contributed by atoms with Crippen LogP contribution < -0.4 is 10.9 Å². The monoisotopic (exact) mass is 454 g/mol. The molecule has 162 valence electrons. The average molecular weight is 455 g/mol. The van der Waals surface area contributed by atoms with Crippen molar-refractivity contribution < 1.29 is 0 Å². The summed E-state index contributed by atoms with van der Waals surface area (Å²) in [5.41, 5.74) is 2.60. The van der Waals surface area contributed by atoms with Crippen LogP contribution in [-0.2, 0) is 13.5 Å². The number of rotatable bonds is 6. The van der Waals surface area contributed by atoms with E-state index in [1.807, 2.05) is 43.3 Å². The van der Waals surface area contributed by atoms with Gasteiger partial charge in [0.15, 0.2) is 0 Å². The van der Waals surface area contributed by atoms with Gasteiger partial charge in [0.25, 0.3) is 5.56 Å². The summed E-state index contributed by atoms with van der Waals surface area (Å²) in [7, 11) is 1.79. The molecule has 0 radical (unpaired) electrons. The number of thiophene rings is 1. The normalized spacial score (nSPS) is 22.9. The molecule has 2 aliphatic rings. The lowest BCUT2D eigenvalue weighted by Crippen LogP contribution is -2.33. The third-order valence-electron chi connectivity index (χ3n) is 6.90. The molecule has 2 aromatic heterocycles.